The highest BCUT2D eigenvalue weighted by Gasteiger charge is 2.20. The lowest BCUT2D eigenvalue weighted by molar-refractivity contribution is -0.106. The lowest BCUT2D eigenvalue weighted by atomic mass is 10.1. The number of rotatable bonds is 8. The summed E-state index contributed by atoms with van der Waals surface area (Å²) in [4.78, 5) is 13.2. The molecule has 1 fully saturated rings. The van der Waals surface area contributed by atoms with E-state index in [4.69, 9.17) is 33.7 Å². The van der Waals surface area contributed by atoms with Crippen molar-refractivity contribution in [1.29, 1.82) is 0 Å². The number of halogens is 3. The lowest BCUT2D eigenvalue weighted by Gasteiger charge is -2.23. The van der Waals surface area contributed by atoms with Gasteiger partial charge in [-0.2, -0.15) is 5.10 Å². The van der Waals surface area contributed by atoms with Gasteiger partial charge in [-0.1, -0.05) is 23.2 Å². The molecule has 0 aliphatic carbocycles. The third kappa shape index (κ3) is 5.18. The molecule has 174 valence electrons. The fourth-order valence-electron chi connectivity index (χ4n) is 3.64. The first-order valence-electron chi connectivity index (χ1n) is 10.4. The topological polar surface area (TPSA) is 111 Å². The Morgan fingerprint density at radius 3 is 2.85 bits per heavy atom. The largest absolute Gasteiger partial charge is 0.489 e. The van der Waals surface area contributed by atoms with Crippen LogP contribution < -0.4 is 20.7 Å². The van der Waals surface area contributed by atoms with Crippen LogP contribution >= 0.6 is 23.2 Å². The van der Waals surface area contributed by atoms with Crippen LogP contribution in [0, 0.1) is 5.82 Å². The van der Waals surface area contributed by atoms with Crippen molar-refractivity contribution in [1.82, 2.24) is 25.3 Å². The fraction of sp³-hybridized carbons (Fsp3) is 0.333. The lowest BCUT2D eigenvalue weighted by Crippen LogP contribution is -2.29. The Labute approximate surface area is 199 Å². The molecular weight excluding hydrogens is 472 g/mol. The van der Waals surface area contributed by atoms with Crippen LogP contribution in [-0.4, -0.2) is 46.1 Å². The minimum absolute atomic E-state index is 0.0476. The summed E-state index contributed by atoms with van der Waals surface area (Å²) in [6, 6.07) is 4.41. The number of nitrogen functional groups attached to an aromatic ring is 1. The monoisotopic (exact) mass is 493 g/mol. The summed E-state index contributed by atoms with van der Waals surface area (Å²) in [7, 11) is 0. The fourth-order valence-corrected chi connectivity index (χ4v) is 4.20. The van der Waals surface area contributed by atoms with Gasteiger partial charge in [0, 0.05) is 23.7 Å². The van der Waals surface area contributed by atoms with Crippen molar-refractivity contribution >= 4 is 46.9 Å². The molecule has 0 bridgehead atoms. The van der Waals surface area contributed by atoms with E-state index in [9.17, 15) is 9.18 Å². The Bertz CT molecular complexity index is 1140. The molecule has 0 unspecified atom stereocenters. The average Bonchev–Trinajstić information content (AvgIpc) is 3.31. The van der Waals surface area contributed by atoms with Gasteiger partial charge in [0.15, 0.2) is 17.4 Å². The van der Waals surface area contributed by atoms with E-state index in [0.29, 0.717) is 22.7 Å². The van der Waals surface area contributed by atoms with Crippen molar-refractivity contribution in [3.8, 4) is 5.75 Å². The number of piperidine rings is 1. The smallest absolute Gasteiger partial charge is 0.220 e. The Kier molecular flexibility index (Phi) is 7.26. The van der Waals surface area contributed by atoms with Crippen LogP contribution in [0.3, 0.4) is 0 Å². The van der Waals surface area contributed by atoms with E-state index in [-0.39, 0.29) is 41.5 Å². The van der Waals surface area contributed by atoms with Crippen LogP contribution in [0.25, 0.3) is 0 Å². The molecule has 2 aromatic heterocycles. The third-order valence-corrected chi connectivity index (χ3v) is 6.19. The van der Waals surface area contributed by atoms with Gasteiger partial charge < -0.3 is 15.8 Å². The number of hydrogen-bond donors (Lipinski definition) is 2. The third-order valence-electron chi connectivity index (χ3n) is 5.42. The SMILES string of the molecule is Nc1nnc(N(C=O)c2cnn(C3CCNCC3)c2)cc1OCCc1c(Cl)ccc(F)c1Cl. The van der Waals surface area contributed by atoms with E-state index < -0.39 is 5.82 Å². The maximum atomic E-state index is 13.7. The summed E-state index contributed by atoms with van der Waals surface area (Å²) in [5.41, 5.74) is 6.87. The molecule has 1 amide bonds. The van der Waals surface area contributed by atoms with Gasteiger partial charge in [-0.05, 0) is 43.6 Å². The van der Waals surface area contributed by atoms with E-state index in [1.165, 1.54) is 23.1 Å². The van der Waals surface area contributed by atoms with Gasteiger partial charge in [-0.3, -0.25) is 14.4 Å². The number of hydrogen-bond acceptors (Lipinski definition) is 7. The molecule has 12 heteroatoms. The second kappa shape index (κ2) is 10.3. The van der Waals surface area contributed by atoms with Gasteiger partial charge in [-0.25, -0.2) is 4.39 Å². The number of carbonyl (C=O) groups is 1. The van der Waals surface area contributed by atoms with Gasteiger partial charge in [0.1, 0.15) is 5.82 Å². The zero-order valence-corrected chi connectivity index (χ0v) is 19.1. The maximum Gasteiger partial charge on any atom is 0.220 e. The highest BCUT2D eigenvalue weighted by Crippen LogP contribution is 2.30. The molecule has 3 heterocycles. The van der Waals surface area contributed by atoms with Gasteiger partial charge in [-0.15, -0.1) is 10.2 Å². The maximum absolute atomic E-state index is 13.7. The molecule has 4 rings (SSSR count). The molecule has 9 nitrogen and oxygen atoms in total. The summed E-state index contributed by atoms with van der Waals surface area (Å²) in [6.07, 6.45) is 6.19. The number of benzene rings is 1. The molecule has 1 aliphatic rings. The first kappa shape index (κ1) is 23.2. The van der Waals surface area contributed by atoms with Crippen LogP contribution in [0.2, 0.25) is 10.0 Å². The summed E-state index contributed by atoms with van der Waals surface area (Å²) in [5, 5.41) is 15.9. The first-order chi connectivity index (χ1) is 16.0. The Morgan fingerprint density at radius 2 is 2.09 bits per heavy atom. The van der Waals surface area contributed by atoms with Crippen LogP contribution in [0.15, 0.2) is 30.6 Å². The summed E-state index contributed by atoms with van der Waals surface area (Å²) < 4.78 is 21.3. The van der Waals surface area contributed by atoms with E-state index in [1.54, 1.807) is 12.4 Å². The standard InChI is InChI=1S/C21H22Cl2FN7O2/c22-16-1-2-17(24)20(23)15(16)5-8-33-18-9-19(28-29-21(18)25)30(12-32)14-10-27-31(11-14)13-3-6-26-7-4-13/h1-2,9-13,26H,3-8H2,(H2,25,29). The quantitative estimate of drug-likeness (QED) is 0.364. The molecule has 1 aliphatic heterocycles. The summed E-state index contributed by atoms with van der Waals surface area (Å²) in [6.45, 7) is 1.95. The van der Waals surface area contributed by atoms with Crippen LogP contribution in [0.1, 0.15) is 24.4 Å². The second-order valence-electron chi connectivity index (χ2n) is 7.51. The van der Waals surface area contributed by atoms with E-state index in [2.05, 4.69) is 20.6 Å². The number of carbonyl (C=O) groups excluding carboxylic acids is 1. The first-order valence-corrected chi connectivity index (χ1v) is 11.1. The van der Waals surface area contributed by atoms with Gasteiger partial charge in [0.2, 0.25) is 6.41 Å². The number of nitrogens with one attached hydrogen (secondary N) is 1. The molecule has 0 saturated carbocycles. The normalized spacial score (nSPS) is 14.3. The van der Waals surface area contributed by atoms with E-state index in [0.717, 1.165) is 25.9 Å². The Hall–Kier alpha value is -2.95. The molecule has 3 aromatic rings. The molecule has 1 saturated heterocycles. The van der Waals surface area contributed by atoms with Crippen LogP contribution in [0.5, 0.6) is 5.75 Å². The van der Waals surface area contributed by atoms with Gasteiger partial charge in [0.25, 0.3) is 0 Å². The van der Waals surface area contributed by atoms with E-state index in [1.807, 2.05) is 4.68 Å². The van der Waals surface area contributed by atoms with Crippen molar-refractivity contribution < 1.29 is 13.9 Å². The van der Waals surface area contributed by atoms with Crippen LogP contribution in [-0.2, 0) is 11.2 Å². The number of nitrogens with zero attached hydrogens (tertiary/aromatic N) is 5. The number of ether oxygens (including phenoxy) is 1. The predicted molar refractivity (Wildman–Crippen MR) is 124 cm³/mol. The van der Waals surface area contributed by atoms with Crippen molar-refractivity contribution in [2.24, 2.45) is 0 Å². The van der Waals surface area contributed by atoms with Crippen molar-refractivity contribution in [2.45, 2.75) is 25.3 Å². The summed E-state index contributed by atoms with van der Waals surface area (Å²) in [5.74, 6) is -0.0660. The van der Waals surface area contributed by atoms with Crippen molar-refractivity contribution in [3.05, 3.63) is 52.0 Å². The molecule has 0 atom stereocenters. The molecule has 1 aromatic carbocycles. The molecule has 3 N–H and O–H groups in total. The molecule has 0 spiro atoms. The highest BCUT2D eigenvalue weighted by atomic mass is 35.5. The minimum Gasteiger partial charge on any atom is -0.489 e. The van der Waals surface area contributed by atoms with Crippen molar-refractivity contribution in [2.75, 3.05) is 30.3 Å². The van der Waals surface area contributed by atoms with Gasteiger partial charge in [0.05, 0.1) is 29.6 Å². The van der Waals surface area contributed by atoms with E-state index >= 15 is 0 Å². The number of amides is 1. The minimum atomic E-state index is -0.560. The van der Waals surface area contributed by atoms with Crippen LogP contribution in [0.4, 0.5) is 21.7 Å². The van der Waals surface area contributed by atoms with Crippen molar-refractivity contribution in [3.63, 3.8) is 0 Å². The average molecular weight is 494 g/mol. The summed E-state index contributed by atoms with van der Waals surface area (Å²) >= 11 is 12.1. The zero-order valence-electron chi connectivity index (χ0n) is 17.5. The Balaban J connectivity index is 1.48. The molecule has 33 heavy (non-hydrogen) atoms. The molecule has 0 radical (unpaired) electrons. The number of anilines is 3. The number of nitrogens with two attached hydrogens (primary N) is 1. The predicted octanol–water partition coefficient (Wildman–Crippen LogP) is 3.54. The highest BCUT2D eigenvalue weighted by molar-refractivity contribution is 6.36. The van der Waals surface area contributed by atoms with Gasteiger partial charge >= 0.3 is 0 Å². The zero-order chi connectivity index (χ0) is 23.4. The Morgan fingerprint density at radius 1 is 1.30 bits per heavy atom. The molecular formula is C21H22Cl2FN7O2. The second-order valence-corrected chi connectivity index (χ2v) is 8.29. The number of aromatic nitrogens is 4.